The average Bonchev–Trinajstić information content (AvgIpc) is 3.21. The Balaban J connectivity index is 1.46. The second-order valence-electron chi connectivity index (χ2n) is 6.25. The first-order valence-corrected chi connectivity index (χ1v) is 8.16. The summed E-state index contributed by atoms with van der Waals surface area (Å²) in [6.45, 7) is 0.637. The zero-order chi connectivity index (χ0) is 16.5. The maximum atomic E-state index is 12.6. The van der Waals surface area contributed by atoms with Gasteiger partial charge < -0.3 is 19.0 Å². The lowest BCUT2D eigenvalue weighted by Crippen LogP contribution is -2.40. The minimum atomic E-state index is -0.0330. The van der Waals surface area contributed by atoms with Crippen molar-refractivity contribution in [3.63, 3.8) is 0 Å². The smallest absolute Gasteiger partial charge is 0.253 e. The Morgan fingerprint density at radius 2 is 2.33 bits per heavy atom. The Hall–Kier alpha value is -2.60. The van der Waals surface area contributed by atoms with Gasteiger partial charge in [-0.1, -0.05) is 6.07 Å². The van der Waals surface area contributed by atoms with E-state index in [4.69, 9.17) is 4.74 Å². The molecule has 0 aliphatic carbocycles. The van der Waals surface area contributed by atoms with Crippen LogP contribution in [0, 0.1) is 0 Å². The van der Waals surface area contributed by atoms with E-state index in [0.29, 0.717) is 12.2 Å². The molecule has 0 aromatic carbocycles. The Kier molecular flexibility index (Phi) is 3.82. The van der Waals surface area contributed by atoms with Crippen molar-refractivity contribution in [1.29, 1.82) is 0 Å². The number of pyridine rings is 1. The number of carbonyl (C=O) groups is 1. The number of imidazole rings is 1. The number of aryl methyl sites for hydroxylation is 1. The Labute approximate surface area is 140 Å². The minimum Gasteiger partial charge on any atom is -0.372 e. The monoisotopic (exact) mass is 324 g/mol. The molecule has 6 heteroatoms. The average molecular weight is 324 g/mol. The van der Waals surface area contributed by atoms with Crippen LogP contribution in [0.4, 0.5) is 0 Å². The van der Waals surface area contributed by atoms with Crippen molar-refractivity contribution < 1.29 is 9.53 Å². The maximum absolute atomic E-state index is 12.6. The van der Waals surface area contributed by atoms with E-state index in [1.807, 2.05) is 58.9 Å². The van der Waals surface area contributed by atoms with Gasteiger partial charge in [0, 0.05) is 37.6 Å². The standard InChI is InChI=1S/C18H20N4O2/c1-21-12-19-10-16(21)17-9-14(5-7-24-17)20-18(23)13-8-15-4-2-3-6-22(15)11-13/h2-4,6,8,10-12,14,17H,5,7,9H2,1H3,(H,20,23). The highest BCUT2D eigenvalue weighted by molar-refractivity contribution is 5.95. The number of carbonyl (C=O) groups excluding carboxylic acids is 1. The van der Waals surface area contributed by atoms with E-state index in [1.165, 1.54) is 0 Å². The summed E-state index contributed by atoms with van der Waals surface area (Å²) in [6, 6.07) is 7.92. The predicted molar refractivity (Wildman–Crippen MR) is 89.8 cm³/mol. The van der Waals surface area contributed by atoms with Gasteiger partial charge in [0.15, 0.2) is 0 Å². The van der Waals surface area contributed by atoms with Crippen molar-refractivity contribution in [3.8, 4) is 0 Å². The van der Waals surface area contributed by atoms with Crippen LogP contribution in [0.3, 0.4) is 0 Å². The van der Waals surface area contributed by atoms with E-state index in [1.54, 1.807) is 6.33 Å². The van der Waals surface area contributed by atoms with Gasteiger partial charge in [0.2, 0.25) is 0 Å². The summed E-state index contributed by atoms with van der Waals surface area (Å²) in [5, 5.41) is 3.15. The number of fused-ring (bicyclic) bond motifs is 1. The second kappa shape index (κ2) is 6.13. The lowest BCUT2D eigenvalue weighted by Gasteiger charge is -2.30. The molecule has 0 saturated carbocycles. The number of rotatable bonds is 3. The third kappa shape index (κ3) is 2.80. The quantitative estimate of drug-likeness (QED) is 0.804. The molecular weight excluding hydrogens is 304 g/mol. The number of hydrogen-bond donors (Lipinski definition) is 1. The summed E-state index contributed by atoms with van der Waals surface area (Å²) in [5.74, 6) is -0.0330. The first kappa shape index (κ1) is 15.0. The van der Waals surface area contributed by atoms with Crippen LogP contribution in [0.1, 0.15) is 35.0 Å². The van der Waals surface area contributed by atoms with E-state index in [2.05, 4.69) is 10.3 Å². The zero-order valence-electron chi connectivity index (χ0n) is 13.6. The number of hydrogen-bond acceptors (Lipinski definition) is 3. The SMILES string of the molecule is Cn1cncc1C1CC(NC(=O)c2cc3ccccn3c2)CCO1. The lowest BCUT2D eigenvalue weighted by atomic mass is 10.0. The molecule has 124 valence electrons. The van der Waals surface area contributed by atoms with Crippen molar-refractivity contribution in [2.24, 2.45) is 7.05 Å². The summed E-state index contributed by atoms with van der Waals surface area (Å²) >= 11 is 0. The zero-order valence-corrected chi connectivity index (χ0v) is 13.6. The summed E-state index contributed by atoms with van der Waals surface area (Å²) in [5.41, 5.74) is 2.75. The van der Waals surface area contributed by atoms with Gasteiger partial charge in [0.25, 0.3) is 5.91 Å². The topological polar surface area (TPSA) is 60.6 Å². The molecule has 4 rings (SSSR count). The summed E-state index contributed by atoms with van der Waals surface area (Å²) in [4.78, 5) is 16.7. The molecule has 4 heterocycles. The van der Waals surface area contributed by atoms with Crippen LogP contribution in [0.15, 0.2) is 49.2 Å². The predicted octanol–water partition coefficient (Wildman–Crippen LogP) is 2.32. The number of aromatic nitrogens is 3. The molecule has 0 radical (unpaired) electrons. The highest BCUT2D eigenvalue weighted by atomic mass is 16.5. The molecule has 0 spiro atoms. The van der Waals surface area contributed by atoms with Crippen LogP contribution in [0.2, 0.25) is 0 Å². The number of amides is 1. The lowest BCUT2D eigenvalue weighted by molar-refractivity contribution is -0.00301. The van der Waals surface area contributed by atoms with Gasteiger partial charge in [-0.3, -0.25) is 4.79 Å². The van der Waals surface area contributed by atoms with Crippen LogP contribution < -0.4 is 5.32 Å². The normalized spacial score (nSPS) is 21.0. The molecule has 1 N–H and O–H groups in total. The minimum absolute atomic E-state index is 0.0235. The van der Waals surface area contributed by atoms with Crippen LogP contribution in [-0.4, -0.2) is 32.5 Å². The van der Waals surface area contributed by atoms with Crippen molar-refractivity contribution in [2.75, 3.05) is 6.61 Å². The second-order valence-corrected chi connectivity index (χ2v) is 6.25. The van der Waals surface area contributed by atoms with Gasteiger partial charge in [0.1, 0.15) is 6.10 Å². The molecule has 1 aliphatic heterocycles. The summed E-state index contributed by atoms with van der Waals surface area (Å²) < 4.78 is 9.78. The van der Waals surface area contributed by atoms with Crippen LogP contribution in [0.25, 0.3) is 5.52 Å². The molecule has 2 unspecified atom stereocenters. The van der Waals surface area contributed by atoms with E-state index in [9.17, 15) is 4.79 Å². The van der Waals surface area contributed by atoms with Crippen molar-refractivity contribution in [3.05, 3.63) is 60.4 Å². The van der Waals surface area contributed by atoms with Crippen LogP contribution in [-0.2, 0) is 11.8 Å². The third-order valence-electron chi connectivity index (χ3n) is 4.57. The van der Waals surface area contributed by atoms with Gasteiger partial charge in [-0.15, -0.1) is 0 Å². The van der Waals surface area contributed by atoms with Crippen molar-refractivity contribution in [1.82, 2.24) is 19.3 Å². The van der Waals surface area contributed by atoms with Gasteiger partial charge in [-0.25, -0.2) is 4.98 Å². The molecular formula is C18H20N4O2. The van der Waals surface area contributed by atoms with Gasteiger partial charge in [-0.05, 0) is 31.0 Å². The number of nitrogens with zero attached hydrogens (tertiary/aromatic N) is 3. The Bertz CT molecular complexity index is 834. The van der Waals surface area contributed by atoms with E-state index >= 15 is 0 Å². The summed E-state index contributed by atoms with van der Waals surface area (Å²) in [6.07, 6.45) is 8.97. The molecule has 3 aromatic rings. The van der Waals surface area contributed by atoms with Gasteiger partial charge >= 0.3 is 0 Å². The molecule has 1 aliphatic rings. The van der Waals surface area contributed by atoms with E-state index in [0.717, 1.165) is 24.1 Å². The van der Waals surface area contributed by atoms with Crippen molar-refractivity contribution in [2.45, 2.75) is 25.0 Å². The molecule has 1 amide bonds. The molecule has 3 aromatic heterocycles. The molecule has 1 saturated heterocycles. The Morgan fingerprint density at radius 1 is 1.42 bits per heavy atom. The fourth-order valence-corrected chi connectivity index (χ4v) is 3.26. The third-order valence-corrected chi connectivity index (χ3v) is 4.57. The Morgan fingerprint density at radius 3 is 3.12 bits per heavy atom. The van der Waals surface area contributed by atoms with Crippen LogP contribution >= 0.6 is 0 Å². The maximum Gasteiger partial charge on any atom is 0.253 e. The fourth-order valence-electron chi connectivity index (χ4n) is 3.26. The largest absolute Gasteiger partial charge is 0.372 e. The van der Waals surface area contributed by atoms with E-state index in [-0.39, 0.29) is 18.1 Å². The highest BCUT2D eigenvalue weighted by Crippen LogP contribution is 2.27. The van der Waals surface area contributed by atoms with Gasteiger partial charge in [-0.2, -0.15) is 0 Å². The first-order valence-electron chi connectivity index (χ1n) is 8.16. The number of nitrogens with one attached hydrogen (secondary N) is 1. The fraction of sp³-hybridized carbons (Fsp3) is 0.333. The van der Waals surface area contributed by atoms with Crippen LogP contribution in [0.5, 0.6) is 0 Å². The number of ether oxygens (including phenoxy) is 1. The highest BCUT2D eigenvalue weighted by Gasteiger charge is 2.27. The molecule has 24 heavy (non-hydrogen) atoms. The molecule has 1 fully saturated rings. The van der Waals surface area contributed by atoms with Crippen molar-refractivity contribution >= 4 is 11.4 Å². The summed E-state index contributed by atoms with van der Waals surface area (Å²) in [7, 11) is 1.96. The van der Waals surface area contributed by atoms with E-state index < -0.39 is 0 Å². The molecule has 2 atom stereocenters. The molecule has 0 bridgehead atoms. The first-order chi connectivity index (χ1) is 11.7. The van der Waals surface area contributed by atoms with Gasteiger partial charge in [0.05, 0.1) is 23.8 Å². The molecule has 6 nitrogen and oxygen atoms in total.